The molecule has 9 heteroatoms. The van der Waals surface area contributed by atoms with E-state index in [0.717, 1.165) is 16.3 Å². The highest BCUT2D eigenvalue weighted by Crippen LogP contribution is 2.29. The van der Waals surface area contributed by atoms with Gasteiger partial charge in [0.2, 0.25) is 0 Å². The predicted molar refractivity (Wildman–Crippen MR) is 129 cm³/mol. The van der Waals surface area contributed by atoms with Gasteiger partial charge >= 0.3 is 11.8 Å². The fourth-order valence-corrected chi connectivity index (χ4v) is 4.17. The number of hydrogen-bond donors (Lipinski definition) is 2. The number of non-ortho nitro benzene ring substituents is 1. The van der Waals surface area contributed by atoms with E-state index in [-0.39, 0.29) is 24.0 Å². The summed E-state index contributed by atoms with van der Waals surface area (Å²) in [4.78, 5) is 38.0. The third-order valence-corrected chi connectivity index (χ3v) is 6.01. The molecule has 0 spiro atoms. The Morgan fingerprint density at radius 2 is 1.79 bits per heavy atom. The summed E-state index contributed by atoms with van der Waals surface area (Å²) in [6.45, 7) is 4.55. The summed E-state index contributed by atoms with van der Waals surface area (Å²) in [5, 5.41) is 18.5. The van der Waals surface area contributed by atoms with E-state index >= 15 is 0 Å². The summed E-state index contributed by atoms with van der Waals surface area (Å²) < 4.78 is 5.50. The Morgan fingerprint density at radius 1 is 1.06 bits per heavy atom. The molecule has 1 saturated heterocycles. The summed E-state index contributed by atoms with van der Waals surface area (Å²) in [6, 6.07) is 18.1. The number of carbonyl (C=O) groups excluding carboxylic acids is 2. The van der Waals surface area contributed by atoms with Crippen LogP contribution < -0.4 is 10.6 Å². The van der Waals surface area contributed by atoms with Gasteiger partial charge in [0, 0.05) is 31.8 Å². The molecule has 1 heterocycles. The number of nitrogens with zero attached hydrogens (tertiary/aromatic N) is 2. The maximum Gasteiger partial charge on any atom is 0.313 e. The van der Waals surface area contributed by atoms with Crippen LogP contribution in [0.25, 0.3) is 10.8 Å². The highest BCUT2D eigenvalue weighted by atomic mass is 16.6. The van der Waals surface area contributed by atoms with Gasteiger partial charge < -0.3 is 15.4 Å². The lowest BCUT2D eigenvalue weighted by Gasteiger charge is -2.35. The van der Waals surface area contributed by atoms with E-state index in [0.29, 0.717) is 31.9 Å². The second-order valence-corrected chi connectivity index (χ2v) is 8.15. The van der Waals surface area contributed by atoms with Crippen LogP contribution in [0.2, 0.25) is 0 Å². The van der Waals surface area contributed by atoms with Crippen molar-refractivity contribution in [2.75, 3.05) is 38.2 Å². The first-order valence-electron chi connectivity index (χ1n) is 11.1. The van der Waals surface area contributed by atoms with E-state index in [9.17, 15) is 19.7 Å². The molecule has 1 fully saturated rings. The van der Waals surface area contributed by atoms with Crippen molar-refractivity contribution in [1.29, 1.82) is 0 Å². The van der Waals surface area contributed by atoms with E-state index < -0.39 is 16.7 Å². The first kappa shape index (κ1) is 23.3. The predicted octanol–water partition coefficient (Wildman–Crippen LogP) is 3.18. The second-order valence-electron chi connectivity index (χ2n) is 8.15. The minimum Gasteiger partial charge on any atom is -0.379 e. The van der Waals surface area contributed by atoms with Gasteiger partial charge in [0.05, 0.1) is 29.9 Å². The Labute approximate surface area is 196 Å². The molecule has 1 atom stereocenters. The number of carbonyl (C=O) groups is 2. The maximum atomic E-state index is 12.7. The molecule has 3 aromatic rings. The van der Waals surface area contributed by atoms with Crippen molar-refractivity contribution in [3.63, 3.8) is 0 Å². The molecule has 3 aromatic carbocycles. The number of nitrogens with one attached hydrogen (secondary N) is 2. The lowest BCUT2D eigenvalue weighted by Crippen LogP contribution is -2.45. The number of nitro benzene ring substituents is 1. The van der Waals surface area contributed by atoms with Gasteiger partial charge in [-0.1, -0.05) is 48.5 Å². The summed E-state index contributed by atoms with van der Waals surface area (Å²) in [5.74, 6) is -1.67. The number of aryl methyl sites for hydroxylation is 1. The summed E-state index contributed by atoms with van der Waals surface area (Å²) in [6.07, 6.45) is 0. The normalized spacial score (nSPS) is 15.0. The fourth-order valence-electron chi connectivity index (χ4n) is 4.17. The first-order chi connectivity index (χ1) is 16.4. The molecule has 0 bridgehead atoms. The average molecular weight is 463 g/mol. The Balaban J connectivity index is 1.51. The number of morpholine rings is 1. The van der Waals surface area contributed by atoms with Crippen molar-refractivity contribution < 1.29 is 19.2 Å². The standard InChI is InChI=1S/C25H26N4O5/c1-17-9-10-19(29(32)33)15-22(17)27-25(31)24(30)26-16-23(28-11-13-34-14-12-28)21-8-4-6-18-5-2-3-7-20(18)21/h2-10,15,23H,11-14,16H2,1H3,(H,26,30)(H,27,31)/t23-/m1/s1. The van der Waals surface area contributed by atoms with E-state index in [1.165, 1.54) is 18.2 Å². The van der Waals surface area contributed by atoms with Crippen LogP contribution in [0.3, 0.4) is 0 Å². The SMILES string of the molecule is Cc1ccc([N+](=O)[O-])cc1NC(=O)C(=O)NC[C@H](c1cccc2ccccc12)N1CCOCC1. The van der Waals surface area contributed by atoms with Gasteiger partial charge in [-0.2, -0.15) is 0 Å². The van der Waals surface area contributed by atoms with E-state index in [1.54, 1.807) is 6.92 Å². The number of benzene rings is 3. The van der Waals surface area contributed by atoms with Crippen molar-refractivity contribution in [3.05, 3.63) is 81.9 Å². The van der Waals surface area contributed by atoms with Gasteiger partial charge in [0.15, 0.2) is 0 Å². The Morgan fingerprint density at radius 3 is 2.56 bits per heavy atom. The van der Waals surface area contributed by atoms with Crippen LogP contribution >= 0.6 is 0 Å². The molecule has 1 aliphatic heterocycles. The molecule has 176 valence electrons. The topological polar surface area (TPSA) is 114 Å². The number of amides is 2. The minimum atomic E-state index is -0.873. The van der Waals surface area contributed by atoms with Crippen LogP contribution in [0.1, 0.15) is 17.2 Å². The smallest absolute Gasteiger partial charge is 0.313 e. The molecule has 2 N–H and O–H groups in total. The van der Waals surface area contributed by atoms with Crippen LogP contribution in [0, 0.1) is 17.0 Å². The number of nitro groups is 1. The fraction of sp³-hybridized carbons (Fsp3) is 0.280. The van der Waals surface area contributed by atoms with Crippen molar-refractivity contribution in [1.82, 2.24) is 10.2 Å². The summed E-state index contributed by atoms with van der Waals surface area (Å²) >= 11 is 0. The number of ether oxygens (including phenoxy) is 1. The molecule has 0 saturated carbocycles. The first-order valence-corrected chi connectivity index (χ1v) is 11.1. The molecule has 0 radical (unpaired) electrons. The largest absolute Gasteiger partial charge is 0.379 e. The molecule has 0 aliphatic carbocycles. The quantitative estimate of drug-likeness (QED) is 0.330. The van der Waals surface area contributed by atoms with Gasteiger partial charge in [-0.3, -0.25) is 24.6 Å². The molecular weight excluding hydrogens is 436 g/mol. The minimum absolute atomic E-state index is 0.147. The van der Waals surface area contributed by atoms with Gasteiger partial charge in [0.25, 0.3) is 5.69 Å². The van der Waals surface area contributed by atoms with E-state index in [1.807, 2.05) is 36.4 Å². The molecular formula is C25H26N4O5. The highest BCUT2D eigenvalue weighted by Gasteiger charge is 2.26. The molecule has 0 unspecified atom stereocenters. The maximum absolute atomic E-state index is 12.7. The zero-order valence-electron chi connectivity index (χ0n) is 18.8. The summed E-state index contributed by atoms with van der Waals surface area (Å²) in [5.41, 5.74) is 1.75. The third-order valence-electron chi connectivity index (χ3n) is 6.01. The zero-order valence-corrected chi connectivity index (χ0v) is 18.8. The van der Waals surface area contributed by atoms with Gasteiger partial charge in [-0.25, -0.2) is 0 Å². The van der Waals surface area contributed by atoms with Crippen molar-refractivity contribution >= 4 is 34.0 Å². The average Bonchev–Trinajstić information content (AvgIpc) is 2.86. The highest BCUT2D eigenvalue weighted by molar-refractivity contribution is 6.39. The summed E-state index contributed by atoms with van der Waals surface area (Å²) in [7, 11) is 0. The van der Waals surface area contributed by atoms with Crippen molar-refractivity contribution in [3.8, 4) is 0 Å². The lowest BCUT2D eigenvalue weighted by atomic mass is 9.97. The van der Waals surface area contributed by atoms with Crippen LogP contribution in [0.5, 0.6) is 0 Å². The van der Waals surface area contributed by atoms with Crippen LogP contribution in [-0.4, -0.2) is 54.5 Å². The molecule has 2 amide bonds. The molecule has 1 aliphatic rings. The zero-order chi connectivity index (χ0) is 24.1. The molecule has 4 rings (SSSR count). The second kappa shape index (κ2) is 10.4. The van der Waals surface area contributed by atoms with Crippen molar-refractivity contribution in [2.24, 2.45) is 0 Å². The van der Waals surface area contributed by atoms with Crippen LogP contribution in [0.15, 0.2) is 60.7 Å². The number of anilines is 1. The number of rotatable bonds is 6. The number of fused-ring (bicyclic) bond motifs is 1. The van der Waals surface area contributed by atoms with Crippen LogP contribution in [-0.2, 0) is 14.3 Å². The van der Waals surface area contributed by atoms with Gasteiger partial charge in [-0.05, 0) is 28.8 Å². The monoisotopic (exact) mass is 462 g/mol. The molecule has 9 nitrogen and oxygen atoms in total. The van der Waals surface area contributed by atoms with E-state index in [2.05, 4.69) is 21.6 Å². The third kappa shape index (κ3) is 5.22. The van der Waals surface area contributed by atoms with E-state index in [4.69, 9.17) is 4.74 Å². The lowest BCUT2D eigenvalue weighted by molar-refractivity contribution is -0.384. The Kier molecular flexibility index (Phi) is 7.15. The molecule has 34 heavy (non-hydrogen) atoms. The Bertz CT molecular complexity index is 1220. The number of hydrogen-bond acceptors (Lipinski definition) is 6. The van der Waals surface area contributed by atoms with Gasteiger partial charge in [0.1, 0.15) is 0 Å². The van der Waals surface area contributed by atoms with Crippen LogP contribution in [0.4, 0.5) is 11.4 Å². The Hall–Kier alpha value is -3.82. The van der Waals surface area contributed by atoms with Gasteiger partial charge in [-0.15, -0.1) is 0 Å². The molecule has 0 aromatic heterocycles. The van der Waals surface area contributed by atoms with Crippen molar-refractivity contribution in [2.45, 2.75) is 13.0 Å².